The minimum absolute atomic E-state index is 0.660. The van der Waals surface area contributed by atoms with Crippen LogP contribution in [0.2, 0.25) is 0 Å². The second-order valence-corrected chi connectivity index (χ2v) is 7.37. The first-order chi connectivity index (χ1) is 9.76. The predicted octanol–water partition coefficient (Wildman–Crippen LogP) is 3.90. The molecule has 0 bridgehead atoms. The van der Waals surface area contributed by atoms with Crippen molar-refractivity contribution >= 4 is 0 Å². The lowest BCUT2D eigenvalue weighted by Crippen LogP contribution is -2.48. The maximum Gasteiger partial charge on any atom is 0.107 e. The van der Waals surface area contributed by atoms with Gasteiger partial charge in [-0.25, -0.2) is 0 Å². The Morgan fingerprint density at radius 2 is 1.60 bits per heavy atom. The lowest BCUT2D eigenvalue weighted by molar-refractivity contribution is -0.110. The zero-order chi connectivity index (χ0) is 13.6. The molecular weight excluding hydrogens is 246 g/mol. The molecule has 1 aromatic heterocycles. The number of pyridine rings is 1. The molecule has 0 saturated heterocycles. The fourth-order valence-corrected chi connectivity index (χ4v) is 5.63. The summed E-state index contributed by atoms with van der Waals surface area (Å²) in [5.74, 6) is 3.34. The van der Waals surface area contributed by atoms with Crippen LogP contribution in [0.5, 0.6) is 0 Å². The Morgan fingerprint density at radius 1 is 0.950 bits per heavy atom. The minimum Gasteiger partial charge on any atom is -0.384 e. The quantitative estimate of drug-likeness (QED) is 0.840. The minimum atomic E-state index is -0.660. The summed E-state index contributed by atoms with van der Waals surface area (Å²) >= 11 is 0. The van der Waals surface area contributed by atoms with Crippen LogP contribution in [0.15, 0.2) is 24.4 Å². The average Bonchev–Trinajstić information content (AvgIpc) is 2.48. The first kappa shape index (κ1) is 12.8. The third kappa shape index (κ3) is 2.00. The van der Waals surface area contributed by atoms with E-state index in [1.807, 2.05) is 24.4 Å². The molecule has 2 unspecified atom stereocenters. The third-order valence-electron chi connectivity index (χ3n) is 6.27. The van der Waals surface area contributed by atoms with E-state index in [4.69, 9.17) is 0 Å². The smallest absolute Gasteiger partial charge is 0.107 e. The number of rotatable bonds is 1. The number of aliphatic hydroxyl groups is 1. The molecule has 1 N–H and O–H groups in total. The highest BCUT2D eigenvalue weighted by Crippen LogP contribution is 2.56. The van der Waals surface area contributed by atoms with E-state index in [9.17, 15) is 5.11 Å². The van der Waals surface area contributed by atoms with Crippen LogP contribution in [0.3, 0.4) is 0 Å². The highest BCUT2D eigenvalue weighted by Gasteiger charge is 2.50. The van der Waals surface area contributed by atoms with E-state index in [2.05, 4.69) is 4.98 Å². The van der Waals surface area contributed by atoms with Crippen molar-refractivity contribution in [3.05, 3.63) is 30.1 Å². The van der Waals surface area contributed by atoms with Crippen LogP contribution < -0.4 is 0 Å². The first-order valence-electron chi connectivity index (χ1n) is 8.40. The van der Waals surface area contributed by atoms with Gasteiger partial charge in [0.2, 0.25) is 0 Å². The molecule has 3 saturated carbocycles. The van der Waals surface area contributed by atoms with E-state index in [1.54, 1.807) is 0 Å². The summed E-state index contributed by atoms with van der Waals surface area (Å²) in [7, 11) is 0. The summed E-state index contributed by atoms with van der Waals surface area (Å²) in [6.07, 6.45) is 12.0. The zero-order valence-electron chi connectivity index (χ0n) is 12.2. The Balaban J connectivity index is 1.65. The average molecular weight is 271 g/mol. The van der Waals surface area contributed by atoms with Gasteiger partial charge >= 0.3 is 0 Å². The molecule has 0 radical (unpaired) electrons. The van der Waals surface area contributed by atoms with Crippen LogP contribution in [0.25, 0.3) is 0 Å². The van der Waals surface area contributed by atoms with Crippen molar-refractivity contribution in [3.8, 4) is 0 Å². The van der Waals surface area contributed by atoms with Crippen LogP contribution >= 0.6 is 0 Å². The van der Waals surface area contributed by atoms with Gasteiger partial charge in [-0.15, -0.1) is 0 Å². The van der Waals surface area contributed by atoms with E-state index in [0.717, 1.165) is 42.2 Å². The van der Waals surface area contributed by atoms with Crippen LogP contribution in [0.1, 0.15) is 57.1 Å². The highest BCUT2D eigenvalue weighted by atomic mass is 16.3. The predicted molar refractivity (Wildman–Crippen MR) is 79.0 cm³/mol. The normalized spacial score (nSPS) is 43.9. The molecule has 0 amide bonds. The zero-order valence-corrected chi connectivity index (χ0v) is 12.2. The maximum atomic E-state index is 11.2. The molecular formula is C18H25NO. The summed E-state index contributed by atoms with van der Waals surface area (Å²) in [6.45, 7) is 0. The molecule has 20 heavy (non-hydrogen) atoms. The van der Waals surface area contributed by atoms with Gasteiger partial charge < -0.3 is 5.11 Å². The molecule has 2 heteroatoms. The molecule has 2 nitrogen and oxygen atoms in total. The molecule has 2 atom stereocenters. The van der Waals surface area contributed by atoms with Crippen LogP contribution in [0.4, 0.5) is 0 Å². The second kappa shape index (κ2) is 4.84. The second-order valence-electron chi connectivity index (χ2n) is 7.37. The lowest BCUT2D eigenvalue weighted by Gasteiger charge is -2.53. The first-order valence-corrected chi connectivity index (χ1v) is 8.40. The van der Waals surface area contributed by atoms with Crippen molar-refractivity contribution in [2.75, 3.05) is 0 Å². The van der Waals surface area contributed by atoms with Crippen molar-refractivity contribution in [1.29, 1.82) is 0 Å². The van der Waals surface area contributed by atoms with Crippen molar-refractivity contribution in [3.63, 3.8) is 0 Å². The number of hydrogen-bond acceptors (Lipinski definition) is 2. The SMILES string of the molecule is OC1(c2ccccn2)CC2CCCC3CCCC(C1)C32. The summed E-state index contributed by atoms with van der Waals surface area (Å²) in [4.78, 5) is 4.47. The summed E-state index contributed by atoms with van der Waals surface area (Å²) < 4.78 is 0. The van der Waals surface area contributed by atoms with Crippen molar-refractivity contribution in [1.82, 2.24) is 4.98 Å². The highest BCUT2D eigenvalue weighted by molar-refractivity contribution is 5.16. The Bertz CT molecular complexity index is 452. The summed E-state index contributed by atoms with van der Waals surface area (Å²) in [5, 5.41) is 11.2. The molecule has 3 aliphatic carbocycles. The third-order valence-corrected chi connectivity index (χ3v) is 6.27. The monoisotopic (exact) mass is 271 g/mol. The van der Waals surface area contributed by atoms with Gasteiger partial charge in [-0.1, -0.05) is 44.6 Å². The van der Waals surface area contributed by atoms with E-state index in [1.165, 1.54) is 38.5 Å². The van der Waals surface area contributed by atoms with Crippen LogP contribution in [-0.2, 0) is 5.60 Å². The molecule has 4 rings (SSSR count). The molecule has 3 fully saturated rings. The number of hydrogen-bond donors (Lipinski definition) is 1. The van der Waals surface area contributed by atoms with E-state index in [0.29, 0.717) is 0 Å². The Kier molecular flexibility index (Phi) is 3.10. The fraction of sp³-hybridized carbons (Fsp3) is 0.722. The Morgan fingerprint density at radius 3 is 2.20 bits per heavy atom. The van der Waals surface area contributed by atoms with E-state index >= 15 is 0 Å². The van der Waals surface area contributed by atoms with Crippen LogP contribution in [0, 0.1) is 23.7 Å². The summed E-state index contributed by atoms with van der Waals surface area (Å²) in [6, 6.07) is 5.97. The topological polar surface area (TPSA) is 33.1 Å². The Labute approximate surface area is 121 Å². The molecule has 0 aromatic carbocycles. The van der Waals surface area contributed by atoms with Gasteiger partial charge in [-0.3, -0.25) is 4.98 Å². The molecule has 1 heterocycles. The number of aromatic nitrogens is 1. The number of nitrogens with zero attached hydrogens (tertiary/aromatic N) is 1. The summed E-state index contributed by atoms with van der Waals surface area (Å²) in [5.41, 5.74) is 0.248. The molecule has 3 aliphatic rings. The lowest BCUT2D eigenvalue weighted by atomic mass is 9.53. The van der Waals surface area contributed by atoms with Gasteiger partial charge in [-0.05, 0) is 48.6 Å². The Hall–Kier alpha value is -0.890. The van der Waals surface area contributed by atoms with Gasteiger partial charge in [0.05, 0.1) is 5.69 Å². The molecule has 0 aliphatic heterocycles. The van der Waals surface area contributed by atoms with Gasteiger partial charge in [-0.2, -0.15) is 0 Å². The fourth-order valence-electron chi connectivity index (χ4n) is 5.63. The van der Waals surface area contributed by atoms with Gasteiger partial charge in [0.15, 0.2) is 0 Å². The molecule has 0 spiro atoms. The largest absolute Gasteiger partial charge is 0.384 e. The van der Waals surface area contributed by atoms with E-state index in [-0.39, 0.29) is 0 Å². The maximum absolute atomic E-state index is 11.2. The van der Waals surface area contributed by atoms with Gasteiger partial charge in [0.25, 0.3) is 0 Å². The van der Waals surface area contributed by atoms with Crippen LogP contribution in [-0.4, -0.2) is 10.1 Å². The molecule has 108 valence electrons. The van der Waals surface area contributed by atoms with Crippen molar-refractivity contribution in [2.45, 2.75) is 57.0 Å². The van der Waals surface area contributed by atoms with Gasteiger partial charge in [0, 0.05) is 6.20 Å². The van der Waals surface area contributed by atoms with Crippen molar-refractivity contribution in [2.24, 2.45) is 23.7 Å². The standard InChI is InChI=1S/C18H25NO/c20-18(16-9-1-2-10-19-16)11-14-7-3-5-13-6-4-8-15(12-18)17(13)14/h1-2,9-10,13-15,17,20H,3-8,11-12H2. The van der Waals surface area contributed by atoms with Crippen molar-refractivity contribution < 1.29 is 5.11 Å². The van der Waals surface area contributed by atoms with E-state index < -0.39 is 5.60 Å². The van der Waals surface area contributed by atoms with Gasteiger partial charge in [0.1, 0.15) is 5.60 Å². The molecule has 1 aromatic rings.